The van der Waals surface area contributed by atoms with Crippen molar-refractivity contribution in [3.8, 4) is 0 Å². The SMILES string of the molecule is CC(C)c1ccccc1NC(=O)c1ccc(N2CCC3(CC2)OCCO3)nc1. The summed E-state index contributed by atoms with van der Waals surface area (Å²) < 4.78 is 11.6. The molecule has 1 spiro atoms. The quantitative estimate of drug-likeness (QED) is 0.873. The molecule has 1 aromatic carbocycles. The molecule has 2 fully saturated rings. The van der Waals surface area contributed by atoms with E-state index in [2.05, 4.69) is 29.0 Å². The molecule has 2 aliphatic rings. The number of nitrogens with zero attached hydrogens (tertiary/aromatic N) is 2. The van der Waals surface area contributed by atoms with Crippen molar-refractivity contribution < 1.29 is 14.3 Å². The Morgan fingerprint density at radius 3 is 2.46 bits per heavy atom. The summed E-state index contributed by atoms with van der Waals surface area (Å²) in [5, 5.41) is 3.01. The minimum atomic E-state index is -0.389. The largest absolute Gasteiger partial charge is 0.356 e. The lowest BCUT2D eigenvalue weighted by atomic mass is 10.0. The fourth-order valence-corrected chi connectivity index (χ4v) is 3.88. The summed E-state index contributed by atoms with van der Waals surface area (Å²) in [6.07, 6.45) is 3.32. The van der Waals surface area contributed by atoms with E-state index in [9.17, 15) is 4.79 Å². The molecule has 0 bridgehead atoms. The summed E-state index contributed by atoms with van der Waals surface area (Å²) in [5.74, 6) is 0.692. The molecule has 0 atom stereocenters. The number of aromatic nitrogens is 1. The Morgan fingerprint density at radius 1 is 1.11 bits per heavy atom. The summed E-state index contributed by atoms with van der Waals surface area (Å²) in [4.78, 5) is 19.4. The molecule has 1 amide bonds. The molecule has 6 heteroatoms. The maximum absolute atomic E-state index is 12.6. The Hall–Kier alpha value is -2.44. The van der Waals surface area contributed by atoms with Crippen molar-refractivity contribution in [2.24, 2.45) is 0 Å². The molecule has 1 aromatic heterocycles. The van der Waals surface area contributed by atoms with Gasteiger partial charge in [-0.3, -0.25) is 4.79 Å². The minimum Gasteiger partial charge on any atom is -0.356 e. The Morgan fingerprint density at radius 2 is 1.82 bits per heavy atom. The number of rotatable bonds is 4. The molecular formula is C22H27N3O3. The average molecular weight is 381 g/mol. The molecule has 2 aliphatic heterocycles. The second kappa shape index (κ2) is 7.89. The van der Waals surface area contributed by atoms with Gasteiger partial charge in [0.05, 0.1) is 18.8 Å². The molecule has 2 saturated heterocycles. The first-order valence-electron chi connectivity index (χ1n) is 9.95. The third-order valence-electron chi connectivity index (χ3n) is 5.50. The Kier molecular flexibility index (Phi) is 5.33. The third-order valence-corrected chi connectivity index (χ3v) is 5.50. The maximum Gasteiger partial charge on any atom is 0.257 e. The van der Waals surface area contributed by atoms with Gasteiger partial charge in [0.1, 0.15) is 5.82 Å². The fraction of sp³-hybridized carbons (Fsp3) is 0.455. The van der Waals surface area contributed by atoms with Gasteiger partial charge in [0, 0.05) is 37.8 Å². The van der Waals surface area contributed by atoms with Crippen molar-refractivity contribution in [1.82, 2.24) is 4.98 Å². The first-order chi connectivity index (χ1) is 13.6. The van der Waals surface area contributed by atoms with Crippen molar-refractivity contribution in [1.29, 1.82) is 0 Å². The normalized spacial score (nSPS) is 18.6. The van der Waals surface area contributed by atoms with E-state index >= 15 is 0 Å². The van der Waals surface area contributed by atoms with E-state index in [1.807, 2.05) is 36.4 Å². The van der Waals surface area contributed by atoms with Gasteiger partial charge in [-0.25, -0.2) is 4.98 Å². The van der Waals surface area contributed by atoms with Crippen LogP contribution >= 0.6 is 0 Å². The van der Waals surface area contributed by atoms with E-state index in [4.69, 9.17) is 9.47 Å². The lowest BCUT2D eigenvalue weighted by Crippen LogP contribution is -2.45. The highest BCUT2D eigenvalue weighted by molar-refractivity contribution is 6.04. The summed E-state index contributed by atoms with van der Waals surface area (Å²) in [5.41, 5.74) is 2.53. The van der Waals surface area contributed by atoms with Crippen LogP contribution in [0.5, 0.6) is 0 Å². The zero-order valence-corrected chi connectivity index (χ0v) is 16.5. The van der Waals surface area contributed by atoms with Crippen LogP contribution in [0.25, 0.3) is 0 Å². The van der Waals surface area contributed by atoms with E-state index in [1.165, 1.54) is 0 Å². The molecule has 0 aliphatic carbocycles. The van der Waals surface area contributed by atoms with Gasteiger partial charge >= 0.3 is 0 Å². The number of hydrogen-bond donors (Lipinski definition) is 1. The van der Waals surface area contributed by atoms with Crippen LogP contribution < -0.4 is 10.2 Å². The van der Waals surface area contributed by atoms with Gasteiger partial charge in [-0.1, -0.05) is 32.0 Å². The number of carbonyl (C=O) groups is 1. The molecule has 1 N–H and O–H groups in total. The van der Waals surface area contributed by atoms with Crippen molar-refractivity contribution in [3.05, 3.63) is 53.7 Å². The predicted octanol–water partition coefficient (Wildman–Crippen LogP) is 3.80. The highest BCUT2D eigenvalue weighted by atomic mass is 16.7. The van der Waals surface area contributed by atoms with E-state index in [0.717, 1.165) is 43.0 Å². The number of carbonyl (C=O) groups excluding carboxylic acids is 1. The first kappa shape index (κ1) is 18.9. The van der Waals surface area contributed by atoms with Gasteiger partial charge in [-0.2, -0.15) is 0 Å². The second-order valence-electron chi connectivity index (χ2n) is 7.70. The molecule has 148 valence electrons. The highest BCUT2D eigenvalue weighted by Crippen LogP contribution is 2.32. The van der Waals surface area contributed by atoms with Gasteiger partial charge in [-0.05, 0) is 29.7 Å². The van der Waals surface area contributed by atoms with Crippen molar-refractivity contribution in [2.75, 3.05) is 36.5 Å². The predicted molar refractivity (Wildman–Crippen MR) is 109 cm³/mol. The van der Waals surface area contributed by atoms with Crippen LogP contribution in [0, 0.1) is 0 Å². The first-order valence-corrected chi connectivity index (χ1v) is 9.95. The van der Waals surface area contributed by atoms with Crippen molar-refractivity contribution >= 4 is 17.4 Å². The van der Waals surface area contributed by atoms with E-state index < -0.39 is 0 Å². The number of amides is 1. The summed E-state index contributed by atoms with van der Waals surface area (Å²) in [7, 11) is 0. The molecule has 4 rings (SSSR count). The Bertz CT molecular complexity index is 819. The number of anilines is 2. The van der Waals surface area contributed by atoms with Crippen LogP contribution in [0.2, 0.25) is 0 Å². The topological polar surface area (TPSA) is 63.7 Å². The number of piperidine rings is 1. The summed E-state index contributed by atoms with van der Waals surface area (Å²) >= 11 is 0. The molecule has 0 unspecified atom stereocenters. The lowest BCUT2D eigenvalue weighted by Gasteiger charge is -2.38. The van der Waals surface area contributed by atoms with Gasteiger partial charge in [0.15, 0.2) is 5.79 Å². The van der Waals surface area contributed by atoms with Gasteiger partial charge < -0.3 is 19.7 Å². The Labute approximate surface area is 165 Å². The third kappa shape index (κ3) is 3.88. The van der Waals surface area contributed by atoms with Crippen LogP contribution in [0.15, 0.2) is 42.6 Å². The van der Waals surface area contributed by atoms with Gasteiger partial charge in [-0.15, -0.1) is 0 Å². The smallest absolute Gasteiger partial charge is 0.257 e. The van der Waals surface area contributed by atoms with Crippen molar-refractivity contribution in [3.63, 3.8) is 0 Å². The Balaban J connectivity index is 1.40. The van der Waals surface area contributed by atoms with Gasteiger partial charge in [0.2, 0.25) is 0 Å². The van der Waals surface area contributed by atoms with E-state index in [1.54, 1.807) is 6.20 Å². The van der Waals surface area contributed by atoms with E-state index in [-0.39, 0.29) is 11.7 Å². The van der Waals surface area contributed by atoms with Crippen LogP contribution in [-0.2, 0) is 9.47 Å². The fourth-order valence-electron chi connectivity index (χ4n) is 3.88. The highest BCUT2D eigenvalue weighted by Gasteiger charge is 2.40. The van der Waals surface area contributed by atoms with Crippen LogP contribution in [0.1, 0.15) is 48.5 Å². The molecule has 0 radical (unpaired) electrons. The number of pyridine rings is 1. The number of para-hydroxylation sites is 1. The molecule has 6 nitrogen and oxygen atoms in total. The van der Waals surface area contributed by atoms with Crippen LogP contribution in [-0.4, -0.2) is 43.0 Å². The van der Waals surface area contributed by atoms with Crippen LogP contribution in [0.4, 0.5) is 11.5 Å². The summed E-state index contributed by atoms with van der Waals surface area (Å²) in [6, 6.07) is 11.7. The zero-order chi connectivity index (χ0) is 19.6. The second-order valence-corrected chi connectivity index (χ2v) is 7.70. The standard InChI is InChI=1S/C22H27N3O3/c1-16(2)18-5-3-4-6-19(18)24-21(26)17-7-8-20(23-15-17)25-11-9-22(10-12-25)27-13-14-28-22/h3-8,15-16H,9-14H2,1-2H3,(H,24,26). The number of hydrogen-bond acceptors (Lipinski definition) is 5. The molecular weight excluding hydrogens is 354 g/mol. The molecule has 0 saturated carbocycles. The molecule has 3 heterocycles. The van der Waals surface area contributed by atoms with Gasteiger partial charge in [0.25, 0.3) is 5.91 Å². The molecule has 2 aromatic rings. The minimum absolute atomic E-state index is 0.141. The number of nitrogens with one attached hydrogen (secondary N) is 1. The number of benzene rings is 1. The monoisotopic (exact) mass is 381 g/mol. The summed E-state index contributed by atoms with van der Waals surface area (Å²) in [6.45, 7) is 7.27. The zero-order valence-electron chi connectivity index (χ0n) is 16.5. The van der Waals surface area contributed by atoms with E-state index in [0.29, 0.717) is 24.7 Å². The van der Waals surface area contributed by atoms with Crippen molar-refractivity contribution in [2.45, 2.75) is 38.4 Å². The van der Waals surface area contributed by atoms with Crippen LogP contribution in [0.3, 0.4) is 0 Å². The average Bonchev–Trinajstić information content (AvgIpc) is 3.17. The lowest BCUT2D eigenvalue weighted by molar-refractivity contribution is -0.169. The maximum atomic E-state index is 12.6. The number of ether oxygens (including phenoxy) is 2. The molecule has 28 heavy (non-hydrogen) atoms.